The highest BCUT2D eigenvalue weighted by molar-refractivity contribution is 7.89. The topological polar surface area (TPSA) is 84.3 Å². The van der Waals surface area contributed by atoms with Crippen LogP contribution in [0.2, 0.25) is 0 Å². The number of benzene rings is 1. The Balaban J connectivity index is 1.50. The highest BCUT2D eigenvalue weighted by Gasteiger charge is 2.56. The fourth-order valence-corrected chi connectivity index (χ4v) is 7.90. The quantitative estimate of drug-likeness (QED) is 0.750. The fraction of sp³-hybridized carbons (Fsp3) is 0.583. The minimum atomic E-state index is -3.71. The Morgan fingerprint density at radius 2 is 1.97 bits per heavy atom. The van der Waals surface area contributed by atoms with E-state index in [2.05, 4.69) is 26.7 Å². The number of hydrogen-bond acceptors (Lipinski definition) is 4. The second kappa shape index (κ2) is 8.30. The molecule has 4 atom stereocenters. The lowest BCUT2D eigenvalue weighted by Crippen LogP contribution is -2.60. The Bertz CT molecular complexity index is 1080. The van der Waals surface area contributed by atoms with Gasteiger partial charge in [-0.25, -0.2) is 18.1 Å². The first-order valence-electron chi connectivity index (χ1n) is 11.7. The van der Waals surface area contributed by atoms with E-state index >= 15 is 0 Å². The van der Waals surface area contributed by atoms with E-state index in [-0.39, 0.29) is 28.4 Å². The average molecular weight is 457 g/mol. The van der Waals surface area contributed by atoms with Crippen molar-refractivity contribution < 1.29 is 13.2 Å². The highest BCUT2D eigenvalue weighted by Crippen LogP contribution is 2.52. The maximum Gasteiger partial charge on any atom is 0.259 e. The number of amides is 1. The lowest BCUT2D eigenvalue weighted by atomic mass is 9.61. The first-order valence-corrected chi connectivity index (χ1v) is 13.2. The molecule has 3 aliphatic rings. The van der Waals surface area contributed by atoms with Gasteiger partial charge in [-0.15, -0.1) is 0 Å². The van der Waals surface area contributed by atoms with Crippen LogP contribution < -0.4 is 4.72 Å². The molecule has 1 aliphatic carbocycles. The van der Waals surface area contributed by atoms with Gasteiger partial charge in [0.05, 0.1) is 6.33 Å². The molecule has 1 N–H and O–H groups in total. The summed E-state index contributed by atoms with van der Waals surface area (Å²) >= 11 is 0. The smallest absolute Gasteiger partial charge is 0.259 e. The molecule has 2 aromatic rings. The van der Waals surface area contributed by atoms with E-state index in [1.54, 1.807) is 17.8 Å². The molecule has 172 valence electrons. The van der Waals surface area contributed by atoms with Gasteiger partial charge in [0.15, 0.2) is 5.03 Å². The van der Waals surface area contributed by atoms with Crippen molar-refractivity contribution in [1.29, 1.82) is 0 Å². The van der Waals surface area contributed by atoms with E-state index in [9.17, 15) is 13.2 Å². The van der Waals surface area contributed by atoms with Crippen LogP contribution in [0.3, 0.4) is 0 Å². The molecule has 1 aromatic carbocycles. The number of imidazole rings is 1. The summed E-state index contributed by atoms with van der Waals surface area (Å²) in [7, 11) is -1.94. The number of carbonyl (C=O) groups excluding carboxylic acids is 1. The summed E-state index contributed by atoms with van der Waals surface area (Å²) in [5.41, 5.74) is 1.11. The van der Waals surface area contributed by atoms with Crippen LogP contribution in [0.4, 0.5) is 0 Å². The van der Waals surface area contributed by atoms with Crippen LogP contribution in [-0.4, -0.2) is 46.9 Å². The second-order valence-corrected chi connectivity index (χ2v) is 11.4. The van der Waals surface area contributed by atoms with Gasteiger partial charge in [0, 0.05) is 37.8 Å². The Hall–Kier alpha value is -2.19. The molecule has 7 nitrogen and oxygen atoms in total. The number of hydrogen-bond donors (Lipinski definition) is 1. The van der Waals surface area contributed by atoms with Crippen LogP contribution in [0.5, 0.6) is 0 Å². The summed E-state index contributed by atoms with van der Waals surface area (Å²) in [6, 6.07) is 10.2. The Morgan fingerprint density at radius 1 is 1.16 bits per heavy atom. The number of nitrogens with one attached hydrogen (secondary N) is 1. The van der Waals surface area contributed by atoms with Crippen LogP contribution >= 0.6 is 0 Å². The highest BCUT2D eigenvalue weighted by atomic mass is 32.2. The van der Waals surface area contributed by atoms with Crippen molar-refractivity contribution in [2.24, 2.45) is 18.9 Å². The van der Waals surface area contributed by atoms with Gasteiger partial charge in [-0.2, -0.15) is 0 Å². The predicted molar refractivity (Wildman–Crippen MR) is 121 cm³/mol. The fourth-order valence-electron chi connectivity index (χ4n) is 6.60. The molecule has 5 rings (SSSR count). The first kappa shape index (κ1) is 21.6. The second-order valence-electron chi connectivity index (χ2n) is 9.75. The molecule has 3 fully saturated rings. The number of carbonyl (C=O) groups is 1. The molecule has 1 spiro atoms. The lowest BCUT2D eigenvalue weighted by molar-refractivity contribution is -0.138. The molecule has 0 radical (unpaired) electrons. The van der Waals surface area contributed by atoms with Crippen molar-refractivity contribution in [3.63, 3.8) is 0 Å². The van der Waals surface area contributed by atoms with Crippen LogP contribution in [0.1, 0.15) is 50.5 Å². The van der Waals surface area contributed by atoms with Crippen molar-refractivity contribution in [2.45, 2.75) is 68.0 Å². The van der Waals surface area contributed by atoms with Crippen molar-refractivity contribution in [1.82, 2.24) is 19.2 Å². The molecule has 1 saturated carbocycles. The third-order valence-electron chi connectivity index (χ3n) is 7.93. The van der Waals surface area contributed by atoms with Crippen molar-refractivity contribution in [2.75, 3.05) is 6.54 Å². The molecular formula is C24H32N4O3S. The predicted octanol–water partition coefficient (Wildman–Crippen LogP) is 2.88. The third-order valence-corrected chi connectivity index (χ3v) is 9.30. The van der Waals surface area contributed by atoms with Gasteiger partial charge in [0.25, 0.3) is 10.0 Å². The molecule has 2 saturated heterocycles. The van der Waals surface area contributed by atoms with E-state index in [1.807, 2.05) is 18.2 Å². The Morgan fingerprint density at radius 3 is 2.72 bits per heavy atom. The molecule has 32 heavy (non-hydrogen) atoms. The third kappa shape index (κ3) is 3.77. The molecule has 3 heterocycles. The summed E-state index contributed by atoms with van der Waals surface area (Å²) in [5.74, 6) is 0.717. The van der Waals surface area contributed by atoms with Crippen LogP contribution in [0, 0.1) is 11.8 Å². The molecule has 2 aliphatic heterocycles. The van der Waals surface area contributed by atoms with E-state index in [0.717, 1.165) is 51.5 Å². The van der Waals surface area contributed by atoms with Crippen LogP contribution in [0.15, 0.2) is 47.9 Å². The largest absolute Gasteiger partial charge is 0.339 e. The summed E-state index contributed by atoms with van der Waals surface area (Å²) in [5, 5.41) is 0.0669. The number of nitrogens with zero attached hydrogens (tertiary/aromatic N) is 3. The van der Waals surface area contributed by atoms with Gasteiger partial charge >= 0.3 is 0 Å². The molecular weight excluding hydrogens is 424 g/mol. The van der Waals surface area contributed by atoms with E-state index in [4.69, 9.17) is 0 Å². The monoisotopic (exact) mass is 456 g/mol. The van der Waals surface area contributed by atoms with Crippen molar-refractivity contribution in [3.05, 3.63) is 48.4 Å². The minimum Gasteiger partial charge on any atom is -0.339 e. The number of sulfonamides is 1. The summed E-state index contributed by atoms with van der Waals surface area (Å²) in [6.07, 6.45) is 10.0. The van der Waals surface area contributed by atoms with Crippen molar-refractivity contribution >= 4 is 15.9 Å². The maximum absolute atomic E-state index is 13.2. The van der Waals surface area contributed by atoms with Crippen LogP contribution in [-0.2, 0) is 28.3 Å². The van der Waals surface area contributed by atoms with Gasteiger partial charge in [0.1, 0.15) is 0 Å². The molecule has 0 bridgehead atoms. The zero-order valence-electron chi connectivity index (χ0n) is 18.6. The Labute approximate surface area is 190 Å². The number of rotatable bonds is 5. The first-order chi connectivity index (χ1) is 15.4. The standard InChI is InChI=1S/C24H32N4O3S/c1-27-16-22(25-17-27)32(30,31)26-21-11-13-24-12-6-14-28(24)23(29)10-5-9-20(24)19(21)15-18-7-3-2-4-8-18/h2-4,7-8,16-17,19-21,26H,5-6,9-15H2,1H3/t19-,20+,21+,24-/m1/s1. The summed E-state index contributed by atoms with van der Waals surface area (Å²) in [6.45, 7) is 0.845. The molecule has 0 unspecified atom stereocenters. The molecule has 8 heteroatoms. The molecule has 1 amide bonds. The zero-order valence-corrected chi connectivity index (χ0v) is 19.4. The Kier molecular flexibility index (Phi) is 5.61. The van der Waals surface area contributed by atoms with E-state index in [0.29, 0.717) is 12.3 Å². The summed E-state index contributed by atoms with van der Waals surface area (Å²) in [4.78, 5) is 19.2. The minimum absolute atomic E-state index is 0.0669. The van der Waals surface area contributed by atoms with Crippen molar-refractivity contribution in [3.8, 4) is 0 Å². The normalized spacial score (nSPS) is 30.6. The van der Waals surface area contributed by atoms with E-state index < -0.39 is 10.0 Å². The average Bonchev–Trinajstić information content (AvgIpc) is 3.37. The zero-order chi connectivity index (χ0) is 22.3. The van der Waals surface area contributed by atoms with E-state index in [1.165, 1.54) is 11.9 Å². The van der Waals surface area contributed by atoms with Gasteiger partial charge in [-0.3, -0.25) is 4.79 Å². The van der Waals surface area contributed by atoms with Crippen LogP contribution in [0.25, 0.3) is 0 Å². The number of aryl methyl sites for hydroxylation is 1. The lowest BCUT2D eigenvalue weighted by Gasteiger charge is -2.53. The number of aromatic nitrogens is 2. The maximum atomic E-state index is 13.2. The molecule has 1 aromatic heterocycles. The van der Waals surface area contributed by atoms with Gasteiger partial charge < -0.3 is 9.47 Å². The van der Waals surface area contributed by atoms with Gasteiger partial charge in [-0.1, -0.05) is 30.3 Å². The van der Waals surface area contributed by atoms with Gasteiger partial charge in [0.2, 0.25) is 5.91 Å². The summed E-state index contributed by atoms with van der Waals surface area (Å²) < 4.78 is 31.0. The SMILES string of the molecule is Cn1cnc(S(=O)(=O)N[C@H]2CC[C@@]34CCCN3C(=O)CCC[C@H]4[C@H]2Cc2ccccc2)c1. The van der Waals surface area contributed by atoms with Gasteiger partial charge in [-0.05, 0) is 62.3 Å².